The molecule has 116 valence electrons. The van der Waals surface area contributed by atoms with Crippen LogP contribution in [0.1, 0.15) is 39.0 Å². The lowest BCUT2D eigenvalue weighted by atomic mass is 9.82. The van der Waals surface area contributed by atoms with Gasteiger partial charge in [0.05, 0.1) is 0 Å². The Balaban J connectivity index is 1.73. The topological polar surface area (TPSA) is 69.7 Å². The molecule has 21 heavy (non-hydrogen) atoms. The summed E-state index contributed by atoms with van der Waals surface area (Å²) < 4.78 is 0. The van der Waals surface area contributed by atoms with Crippen LogP contribution in [0.15, 0.2) is 0 Å². The highest BCUT2D eigenvalue weighted by atomic mass is 16.2. The highest BCUT2D eigenvalue weighted by Crippen LogP contribution is 2.42. The van der Waals surface area contributed by atoms with E-state index in [0.717, 1.165) is 38.9 Å². The van der Waals surface area contributed by atoms with Crippen LogP contribution in [0.4, 0.5) is 4.79 Å². The summed E-state index contributed by atoms with van der Waals surface area (Å²) in [5, 5.41) is 2.41. The maximum absolute atomic E-state index is 12.7. The van der Waals surface area contributed by atoms with E-state index in [1.54, 1.807) is 0 Å². The zero-order chi connectivity index (χ0) is 15.0. The molecule has 6 heteroatoms. The van der Waals surface area contributed by atoms with Crippen LogP contribution in [0, 0.1) is 11.3 Å². The van der Waals surface area contributed by atoms with Crippen molar-refractivity contribution in [3.05, 3.63) is 0 Å². The summed E-state index contributed by atoms with van der Waals surface area (Å²) in [5.41, 5.74) is -0.961. The number of barbiturate groups is 1. The summed E-state index contributed by atoms with van der Waals surface area (Å²) in [4.78, 5) is 40.6. The van der Waals surface area contributed by atoms with E-state index < -0.39 is 11.4 Å². The van der Waals surface area contributed by atoms with Gasteiger partial charge in [0, 0.05) is 13.1 Å². The first-order valence-electron chi connectivity index (χ1n) is 7.96. The number of carbonyl (C=O) groups is 3. The van der Waals surface area contributed by atoms with Crippen molar-refractivity contribution in [2.75, 3.05) is 26.2 Å². The Hall–Kier alpha value is -1.43. The summed E-state index contributed by atoms with van der Waals surface area (Å²) in [6, 6.07) is -0.530. The van der Waals surface area contributed by atoms with Crippen LogP contribution in [-0.2, 0) is 9.59 Å². The van der Waals surface area contributed by atoms with E-state index in [1.807, 2.05) is 0 Å². The molecule has 1 atom stereocenters. The van der Waals surface area contributed by atoms with Gasteiger partial charge in [0.1, 0.15) is 5.41 Å². The minimum absolute atomic E-state index is 0.260. The molecule has 6 nitrogen and oxygen atoms in total. The van der Waals surface area contributed by atoms with E-state index in [4.69, 9.17) is 0 Å². The fraction of sp³-hybridized carbons (Fsp3) is 0.800. The number of carbonyl (C=O) groups excluding carboxylic acids is 3. The number of likely N-dealkylation sites (tertiary alicyclic amines) is 1. The lowest BCUT2D eigenvalue weighted by Gasteiger charge is -2.37. The predicted octanol–water partition coefficient (Wildman–Crippen LogP) is 0.967. The predicted molar refractivity (Wildman–Crippen MR) is 76.4 cm³/mol. The molecule has 0 aromatic carbocycles. The zero-order valence-electron chi connectivity index (χ0n) is 12.6. The lowest BCUT2D eigenvalue weighted by Crippen LogP contribution is -2.63. The number of hydrogen-bond acceptors (Lipinski definition) is 4. The van der Waals surface area contributed by atoms with Gasteiger partial charge in [0.15, 0.2) is 0 Å². The smallest absolute Gasteiger partial charge is 0.303 e. The van der Waals surface area contributed by atoms with Gasteiger partial charge in [-0.05, 0) is 38.3 Å². The quantitative estimate of drug-likeness (QED) is 0.787. The molecule has 0 radical (unpaired) electrons. The fourth-order valence-corrected chi connectivity index (χ4v) is 3.92. The van der Waals surface area contributed by atoms with Gasteiger partial charge in [0.25, 0.3) is 0 Å². The number of urea groups is 1. The third-order valence-corrected chi connectivity index (χ3v) is 5.27. The van der Waals surface area contributed by atoms with Crippen molar-refractivity contribution in [2.24, 2.45) is 11.3 Å². The van der Waals surface area contributed by atoms with Gasteiger partial charge in [0.2, 0.25) is 11.8 Å². The van der Waals surface area contributed by atoms with Crippen LogP contribution >= 0.6 is 0 Å². The molecule has 0 aromatic heterocycles. The Morgan fingerprint density at radius 3 is 2.57 bits per heavy atom. The molecule has 2 heterocycles. The molecule has 0 bridgehead atoms. The van der Waals surface area contributed by atoms with Crippen LogP contribution in [-0.4, -0.2) is 53.8 Å². The van der Waals surface area contributed by atoms with Crippen molar-refractivity contribution < 1.29 is 14.4 Å². The number of hydrogen-bond donors (Lipinski definition) is 1. The maximum atomic E-state index is 12.7. The molecule has 1 saturated carbocycles. The first-order chi connectivity index (χ1) is 10.1. The van der Waals surface area contributed by atoms with E-state index in [0.29, 0.717) is 25.3 Å². The number of imide groups is 2. The molecule has 3 aliphatic rings. The van der Waals surface area contributed by atoms with E-state index in [9.17, 15) is 14.4 Å². The van der Waals surface area contributed by atoms with Crippen molar-refractivity contribution in [2.45, 2.75) is 39.0 Å². The molecule has 1 unspecified atom stereocenters. The first kappa shape index (κ1) is 14.5. The van der Waals surface area contributed by atoms with Gasteiger partial charge in [-0.1, -0.05) is 19.8 Å². The van der Waals surface area contributed by atoms with Crippen molar-refractivity contribution in [1.29, 1.82) is 0 Å². The number of nitrogens with one attached hydrogen (secondary N) is 1. The molecule has 0 aromatic rings. The highest BCUT2D eigenvalue weighted by Gasteiger charge is 2.55. The summed E-state index contributed by atoms with van der Waals surface area (Å²) in [7, 11) is 0. The molecule has 1 aliphatic carbocycles. The van der Waals surface area contributed by atoms with Gasteiger partial charge >= 0.3 is 6.03 Å². The largest absolute Gasteiger partial charge is 0.330 e. The number of amides is 4. The third kappa shape index (κ3) is 2.35. The van der Waals surface area contributed by atoms with Gasteiger partial charge in [-0.25, -0.2) is 4.79 Å². The molecule has 3 fully saturated rings. The second kappa shape index (κ2) is 5.40. The SMILES string of the molecule is CCN1CCC(CN2C(=O)NC(=O)C3(CCCC3)C2=O)C1. The molecule has 1 spiro atoms. The molecule has 4 amide bonds. The van der Waals surface area contributed by atoms with E-state index in [-0.39, 0.29) is 11.8 Å². The van der Waals surface area contributed by atoms with E-state index >= 15 is 0 Å². The minimum atomic E-state index is -0.961. The van der Waals surface area contributed by atoms with Gasteiger partial charge in [-0.2, -0.15) is 0 Å². The standard InChI is InChI=1S/C15H23N3O3/c1-2-17-8-5-11(9-17)10-18-13(20)15(6-3-4-7-15)12(19)16-14(18)21/h11H,2-10H2,1H3,(H,16,19,21). The second-order valence-electron chi connectivity index (χ2n) is 6.51. The van der Waals surface area contributed by atoms with Crippen LogP contribution in [0.25, 0.3) is 0 Å². The van der Waals surface area contributed by atoms with Gasteiger partial charge < -0.3 is 4.90 Å². The van der Waals surface area contributed by atoms with Crippen molar-refractivity contribution >= 4 is 17.8 Å². The second-order valence-corrected chi connectivity index (χ2v) is 6.51. The van der Waals surface area contributed by atoms with Crippen LogP contribution < -0.4 is 5.32 Å². The van der Waals surface area contributed by atoms with Crippen LogP contribution in [0.3, 0.4) is 0 Å². The molecular weight excluding hydrogens is 270 g/mol. The van der Waals surface area contributed by atoms with Gasteiger partial charge in [-0.3, -0.25) is 19.8 Å². The van der Waals surface area contributed by atoms with Crippen LogP contribution in [0.2, 0.25) is 0 Å². The average molecular weight is 293 g/mol. The summed E-state index contributed by atoms with van der Waals surface area (Å²) >= 11 is 0. The summed E-state index contributed by atoms with van der Waals surface area (Å²) in [6.45, 7) is 5.51. The monoisotopic (exact) mass is 293 g/mol. The summed E-state index contributed by atoms with van der Waals surface area (Å²) in [6.07, 6.45) is 3.93. The summed E-state index contributed by atoms with van der Waals surface area (Å²) in [5.74, 6) is -0.317. The Morgan fingerprint density at radius 2 is 1.95 bits per heavy atom. The fourth-order valence-electron chi connectivity index (χ4n) is 3.92. The molecular formula is C15H23N3O3. The number of rotatable bonds is 3. The average Bonchev–Trinajstić information content (AvgIpc) is 3.12. The normalized spacial score (nSPS) is 29.5. The number of nitrogens with zero attached hydrogens (tertiary/aromatic N) is 2. The molecule has 2 aliphatic heterocycles. The molecule has 2 saturated heterocycles. The lowest BCUT2D eigenvalue weighted by molar-refractivity contribution is -0.151. The van der Waals surface area contributed by atoms with Crippen LogP contribution in [0.5, 0.6) is 0 Å². The maximum Gasteiger partial charge on any atom is 0.330 e. The molecule has 1 N–H and O–H groups in total. The Kier molecular flexibility index (Phi) is 3.73. The zero-order valence-corrected chi connectivity index (χ0v) is 12.6. The minimum Gasteiger partial charge on any atom is -0.303 e. The Morgan fingerprint density at radius 1 is 1.24 bits per heavy atom. The highest BCUT2D eigenvalue weighted by molar-refractivity contribution is 6.19. The van der Waals surface area contributed by atoms with Gasteiger partial charge in [-0.15, -0.1) is 0 Å². The van der Waals surface area contributed by atoms with E-state index in [1.165, 1.54) is 4.90 Å². The first-order valence-corrected chi connectivity index (χ1v) is 7.96. The van der Waals surface area contributed by atoms with E-state index in [2.05, 4.69) is 17.1 Å². The third-order valence-electron chi connectivity index (χ3n) is 5.27. The van der Waals surface area contributed by atoms with Crippen molar-refractivity contribution in [3.63, 3.8) is 0 Å². The van der Waals surface area contributed by atoms with Crippen molar-refractivity contribution in [3.8, 4) is 0 Å². The Labute approximate surface area is 124 Å². The Bertz CT molecular complexity index is 471. The molecule has 3 rings (SSSR count). The van der Waals surface area contributed by atoms with Crippen molar-refractivity contribution in [1.82, 2.24) is 15.1 Å².